The van der Waals surface area contributed by atoms with Crippen LogP contribution in [0.15, 0.2) is 30.3 Å². The number of aliphatic hydroxyl groups excluding tert-OH is 1. The average Bonchev–Trinajstić information content (AvgIpc) is 2.39. The third-order valence-corrected chi connectivity index (χ3v) is 2.59. The lowest BCUT2D eigenvalue weighted by Gasteiger charge is -2.18. The first-order chi connectivity index (χ1) is 9.00. The molecule has 6 heteroatoms. The molecule has 0 unspecified atom stereocenters. The van der Waals surface area contributed by atoms with E-state index in [1.54, 1.807) is 7.05 Å². The number of urea groups is 1. The first kappa shape index (κ1) is 15.0. The molecule has 3 N–H and O–H groups in total. The number of nitrogens with zero attached hydrogens (tertiary/aromatic N) is 1. The van der Waals surface area contributed by atoms with Gasteiger partial charge in [-0.1, -0.05) is 30.3 Å². The molecule has 1 rings (SSSR count). The summed E-state index contributed by atoms with van der Waals surface area (Å²) in [7, 11) is 1.65. The maximum Gasteiger partial charge on any atom is 0.332 e. The molecule has 6 nitrogen and oxygen atoms in total. The fraction of sp³-hybridized carbons (Fsp3) is 0.385. The molecule has 0 aromatic heterocycles. The van der Waals surface area contributed by atoms with Crippen LogP contribution in [-0.4, -0.2) is 46.8 Å². The molecule has 0 aliphatic heterocycles. The van der Waals surface area contributed by atoms with Gasteiger partial charge in [-0.15, -0.1) is 0 Å². The van der Waals surface area contributed by atoms with E-state index in [1.807, 2.05) is 30.3 Å². The molecule has 1 atom stereocenters. The molecule has 0 saturated carbocycles. The van der Waals surface area contributed by atoms with Crippen LogP contribution in [-0.2, 0) is 11.3 Å². The average molecular weight is 266 g/mol. The van der Waals surface area contributed by atoms with Crippen LogP contribution >= 0.6 is 0 Å². The lowest BCUT2D eigenvalue weighted by molar-refractivity contribution is -0.146. The number of hydrogen-bond donors (Lipinski definition) is 3. The molecule has 0 aliphatic rings. The van der Waals surface area contributed by atoms with E-state index in [4.69, 9.17) is 10.2 Å². The van der Waals surface area contributed by atoms with Gasteiger partial charge in [0.1, 0.15) is 0 Å². The highest BCUT2D eigenvalue weighted by molar-refractivity contribution is 5.74. The number of carbonyl (C=O) groups is 2. The van der Waals surface area contributed by atoms with E-state index < -0.39 is 12.1 Å². The van der Waals surface area contributed by atoms with Crippen LogP contribution in [0.3, 0.4) is 0 Å². The molecular formula is C13H18N2O4. The summed E-state index contributed by atoms with van der Waals surface area (Å²) in [6, 6.07) is 9.21. The van der Waals surface area contributed by atoms with Crippen molar-refractivity contribution in [3.8, 4) is 0 Å². The molecule has 19 heavy (non-hydrogen) atoms. The van der Waals surface area contributed by atoms with Gasteiger partial charge in [0.15, 0.2) is 6.10 Å². The summed E-state index contributed by atoms with van der Waals surface area (Å²) in [6.07, 6.45) is -1.46. The van der Waals surface area contributed by atoms with Crippen molar-refractivity contribution >= 4 is 12.0 Å². The minimum atomic E-state index is -1.44. The van der Waals surface area contributed by atoms with Gasteiger partial charge in [0, 0.05) is 26.6 Å². The second kappa shape index (κ2) is 7.38. The van der Waals surface area contributed by atoms with Gasteiger partial charge in [0.25, 0.3) is 0 Å². The molecular weight excluding hydrogens is 248 g/mol. The first-order valence-corrected chi connectivity index (χ1v) is 5.94. The number of aliphatic hydroxyl groups is 1. The van der Waals surface area contributed by atoms with Crippen LogP contribution in [0.25, 0.3) is 0 Å². The lowest BCUT2D eigenvalue weighted by Crippen LogP contribution is -2.38. The van der Waals surface area contributed by atoms with Gasteiger partial charge in [-0.3, -0.25) is 0 Å². The zero-order valence-corrected chi connectivity index (χ0v) is 10.7. The van der Waals surface area contributed by atoms with Crippen LogP contribution in [0.4, 0.5) is 4.79 Å². The number of carboxylic acids is 1. The molecule has 2 amide bonds. The van der Waals surface area contributed by atoms with Crippen LogP contribution in [0.5, 0.6) is 0 Å². The normalized spacial score (nSPS) is 11.7. The molecule has 0 saturated heterocycles. The summed E-state index contributed by atoms with van der Waals surface area (Å²) in [4.78, 5) is 23.5. The maximum absolute atomic E-state index is 11.7. The zero-order valence-electron chi connectivity index (χ0n) is 10.7. The van der Waals surface area contributed by atoms with Crippen molar-refractivity contribution < 1.29 is 19.8 Å². The van der Waals surface area contributed by atoms with E-state index in [2.05, 4.69) is 5.32 Å². The van der Waals surface area contributed by atoms with Crippen LogP contribution in [0, 0.1) is 0 Å². The van der Waals surface area contributed by atoms with Gasteiger partial charge in [0.05, 0.1) is 0 Å². The number of benzene rings is 1. The monoisotopic (exact) mass is 266 g/mol. The highest BCUT2D eigenvalue weighted by Gasteiger charge is 2.14. The Hall–Kier alpha value is -2.08. The van der Waals surface area contributed by atoms with Crippen LogP contribution in [0.2, 0.25) is 0 Å². The van der Waals surface area contributed by atoms with Gasteiger partial charge in [-0.05, 0) is 5.56 Å². The fourth-order valence-corrected chi connectivity index (χ4v) is 1.50. The summed E-state index contributed by atoms with van der Waals surface area (Å²) < 4.78 is 0. The molecule has 0 spiro atoms. The van der Waals surface area contributed by atoms with E-state index in [-0.39, 0.29) is 19.0 Å². The molecule has 0 bridgehead atoms. The van der Waals surface area contributed by atoms with E-state index in [9.17, 15) is 9.59 Å². The highest BCUT2D eigenvalue weighted by atomic mass is 16.4. The second-order valence-corrected chi connectivity index (χ2v) is 4.22. The standard InChI is InChI=1S/C13H18N2O4/c1-15(9-10-5-3-2-4-6-10)13(19)14-8-7-11(16)12(17)18/h2-6,11,16H,7-9H2,1H3,(H,14,19)(H,17,18)/t11-/m0/s1. The number of amides is 2. The third-order valence-electron chi connectivity index (χ3n) is 2.59. The highest BCUT2D eigenvalue weighted by Crippen LogP contribution is 2.02. The number of aliphatic carboxylic acids is 1. The summed E-state index contributed by atoms with van der Waals surface area (Å²) in [5.74, 6) is -1.29. The Bertz CT molecular complexity index is 422. The predicted molar refractivity (Wildman–Crippen MR) is 69.6 cm³/mol. The number of carboxylic acid groups (broad SMARTS) is 1. The number of rotatable bonds is 6. The fourth-order valence-electron chi connectivity index (χ4n) is 1.50. The number of hydrogen-bond acceptors (Lipinski definition) is 3. The van der Waals surface area contributed by atoms with E-state index >= 15 is 0 Å². The minimum Gasteiger partial charge on any atom is -0.479 e. The Morgan fingerprint density at radius 1 is 1.32 bits per heavy atom. The molecule has 1 aromatic carbocycles. The lowest BCUT2D eigenvalue weighted by atomic mass is 10.2. The molecule has 0 fully saturated rings. The smallest absolute Gasteiger partial charge is 0.332 e. The van der Waals surface area contributed by atoms with Crippen molar-refractivity contribution in [1.29, 1.82) is 0 Å². The molecule has 0 radical (unpaired) electrons. The van der Waals surface area contributed by atoms with Crippen molar-refractivity contribution in [2.45, 2.75) is 19.1 Å². The Balaban J connectivity index is 2.31. The van der Waals surface area contributed by atoms with E-state index in [1.165, 1.54) is 4.90 Å². The van der Waals surface area contributed by atoms with Crippen molar-refractivity contribution in [3.05, 3.63) is 35.9 Å². The third kappa shape index (κ3) is 5.39. The van der Waals surface area contributed by atoms with Crippen LogP contribution in [0.1, 0.15) is 12.0 Å². The van der Waals surface area contributed by atoms with Gasteiger partial charge in [0.2, 0.25) is 0 Å². The molecule has 0 aliphatic carbocycles. The first-order valence-electron chi connectivity index (χ1n) is 5.94. The topological polar surface area (TPSA) is 89.9 Å². The van der Waals surface area contributed by atoms with E-state index in [0.717, 1.165) is 5.56 Å². The quantitative estimate of drug-likeness (QED) is 0.705. The maximum atomic E-state index is 11.7. The molecule has 104 valence electrons. The predicted octanol–water partition coefficient (Wildman–Crippen LogP) is 0.664. The van der Waals surface area contributed by atoms with E-state index in [0.29, 0.717) is 6.54 Å². The Kier molecular flexibility index (Phi) is 5.81. The summed E-state index contributed by atoms with van der Waals surface area (Å²) >= 11 is 0. The zero-order chi connectivity index (χ0) is 14.3. The molecule has 0 heterocycles. The van der Waals surface area contributed by atoms with Crippen molar-refractivity contribution in [2.75, 3.05) is 13.6 Å². The minimum absolute atomic E-state index is 0.0136. The van der Waals surface area contributed by atoms with Crippen LogP contribution < -0.4 is 5.32 Å². The Morgan fingerprint density at radius 3 is 2.53 bits per heavy atom. The second-order valence-electron chi connectivity index (χ2n) is 4.22. The van der Waals surface area contributed by atoms with Gasteiger partial charge in [-0.2, -0.15) is 0 Å². The van der Waals surface area contributed by atoms with Gasteiger partial charge >= 0.3 is 12.0 Å². The Labute approximate surface area is 111 Å². The molecule has 1 aromatic rings. The van der Waals surface area contributed by atoms with Gasteiger partial charge in [-0.25, -0.2) is 9.59 Å². The van der Waals surface area contributed by atoms with Crippen molar-refractivity contribution in [1.82, 2.24) is 10.2 Å². The summed E-state index contributed by atoms with van der Waals surface area (Å²) in [5, 5.41) is 20.1. The summed E-state index contributed by atoms with van der Waals surface area (Å²) in [6.45, 7) is 0.583. The van der Waals surface area contributed by atoms with Crippen molar-refractivity contribution in [3.63, 3.8) is 0 Å². The largest absolute Gasteiger partial charge is 0.479 e. The summed E-state index contributed by atoms with van der Waals surface area (Å²) in [5.41, 5.74) is 1.01. The SMILES string of the molecule is CN(Cc1ccccc1)C(=O)NCC[C@H](O)C(=O)O. The van der Waals surface area contributed by atoms with Gasteiger partial charge < -0.3 is 20.4 Å². The van der Waals surface area contributed by atoms with Crippen molar-refractivity contribution in [2.24, 2.45) is 0 Å². The number of nitrogens with one attached hydrogen (secondary N) is 1. The Morgan fingerprint density at radius 2 is 1.95 bits per heavy atom. The number of carbonyl (C=O) groups excluding carboxylic acids is 1.